The van der Waals surface area contributed by atoms with E-state index in [1.54, 1.807) is 0 Å². The number of nitrogens with two attached hydrogens (primary N) is 2. The van der Waals surface area contributed by atoms with Gasteiger partial charge in [0.05, 0.1) is 60.0 Å². The molecule has 2 unspecified atom stereocenters. The van der Waals surface area contributed by atoms with Gasteiger partial charge < -0.3 is 21.3 Å². The lowest BCUT2D eigenvalue weighted by Gasteiger charge is -2.38. The van der Waals surface area contributed by atoms with Crippen molar-refractivity contribution < 1.29 is 9.59 Å². The van der Waals surface area contributed by atoms with Gasteiger partial charge in [-0.2, -0.15) is 10.2 Å². The van der Waals surface area contributed by atoms with Crippen molar-refractivity contribution in [1.29, 1.82) is 0 Å². The van der Waals surface area contributed by atoms with Gasteiger partial charge in [0.15, 0.2) is 0 Å². The lowest BCUT2D eigenvalue weighted by molar-refractivity contribution is -0.136. The molecule has 6 aromatic rings. The zero-order chi connectivity index (χ0) is 39.8. The SMILES string of the molecule is Cl.N[C@@H](CSSC[C@H](N)C(=O)N1CCn2nc(-c3ccccc3)cc2C1CCc1ccccc1)C(=O)N1CCn2nc(-c3ccccc3)cc2C1CCc1ccccc1. The van der Waals surface area contributed by atoms with E-state index in [1.165, 1.54) is 32.7 Å². The average Bonchev–Trinajstić information content (AvgIpc) is 3.92. The third-order valence-corrected chi connectivity index (χ3v) is 13.7. The molecule has 2 aliphatic rings. The number of halogens is 1. The van der Waals surface area contributed by atoms with Crippen LogP contribution in [0, 0.1) is 0 Å². The predicted molar refractivity (Wildman–Crippen MR) is 242 cm³/mol. The summed E-state index contributed by atoms with van der Waals surface area (Å²) in [5.41, 5.74) is 21.8. The summed E-state index contributed by atoms with van der Waals surface area (Å²) >= 11 is 0. The van der Waals surface area contributed by atoms with Crippen LogP contribution >= 0.6 is 34.0 Å². The molecular weight excluding hydrogens is 796 g/mol. The summed E-state index contributed by atoms with van der Waals surface area (Å²) in [4.78, 5) is 32.1. The van der Waals surface area contributed by atoms with E-state index in [9.17, 15) is 9.59 Å². The molecule has 2 aliphatic heterocycles. The number of aromatic nitrogens is 4. The Morgan fingerprint density at radius 1 is 0.559 bits per heavy atom. The lowest BCUT2D eigenvalue weighted by atomic mass is 9.98. The van der Waals surface area contributed by atoms with Gasteiger partial charge in [-0.15, -0.1) is 12.4 Å². The van der Waals surface area contributed by atoms with Crippen LogP contribution in [0.3, 0.4) is 0 Å². The van der Waals surface area contributed by atoms with Crippen molar-refractivity contribution in [2.45, 2.75) is 62.9 Å². The highest BCUT2D eigenvalue weighted by molar-refractivity contribution is 8.76. The van der Waals surface area contributed by atoms with Crippen molar-refractivity contribution in [3.63, 3.8) is 0 Å². The zero-order valence-electron chi connectivity index (χ0n) is 33.0. The van der Waals surface area contributed by atoms with Crippen LogP contribution in [-0.2, 0) is 35.5 Å². The molecule has 0 saturated heterocycles. The van der Waals surface area contributed by atoms with Crippen LogP contribution in [0.4, 0.5) is 0 Å². The summed E-state index contributed by atoms with van der Waals surface area (Å²) in [6.07, 6.45) is 3.18. The highest BCUT2D eigenvalue weighted by atomic mass is 35.5. The maximum Gasteiger partial charge on any atom is 0.241 e. The number of carbonyl (C=O) groups is 2. The molecule has 4 N–H and O–H groups in total. The smallest absolute Gasteiger partial charge is 0.241 e. The molecule has 0 spiro atoms. The second-order valence-electron chi connectivity index (χ2n) is 15.0. The van der Waals surface area contributed by atoms with Gasteiger partial charge in [0.2, 0.25) is 11.8 Å². The van der Waals surface area contributed by atoms with Crippen molar-refractivity contribution in [3.05, 3.63) is 156 Å². The number of rotatable bonds is 15. The van der Waals surface area contributed by atoms with Gasteiger partial charge in [-0.3, -0.25) is 19.0 Å². The number of amides is 2. The van der Waals surface area contributed by atoms with E-state index in [4.69, 9.17) is 21.7 Å². The fraction of sp³-hybridized carbons (Fsp3) is 0.304. The molecule has 0 saturated carbocycles. The summed E-state index contributed by atoms with van der Waals surface area (Å²) < 4.78 is 4.11. The maximum atomic E-state index is 14.1. The molecule has 59 heavy (non-hydrogen) atoms. The van der Waals surface area contributed by atoms with Crippen LogP contribution in [0.2, 0.25) is 0 Å². The fourth-order valence-electron chi connectivity index (χ4n) is 8.14. The Labute approximate surface area is 360 Å². The Morgan fingerprint density at radius 2 is 0.915 bits per heavy atom. The molecule has 13 heteroatoms. The molecule has 0 fully saturated rings. The largest absolute Gasteiger partial charge is 0.331 e. The van der Waals surface area contributed by atoms with Crippen LogP contribution in [0.15, 0.2) is 133 Å². The molecule has 4 heterocycles. The van der Waals surface area contributed by atoms with Crippen LogP contribution in [0.25, 0.3) is 22.5 Å². The zero-order valence-corrected chi connectivity index (χ0v) is 35.4. The number of fused-ring (bicyclic) bond motifs is 2. The minimum atomic E-state index is -0.699. The van der Waals surface area contributed by atoms with Crippen LogP contribution in [0.5, 0.6) is 0 Å². The minimum absolute atomic E-state index is 0. The number of nitrogens with zero attached hydrogens (tertiary/aromatic N) is 6. The molecule has 0 radical (unpaired) electrons. The monoisotopic (exact) mass is 846 g/mol. The van der Waals surface area contributed by atoms with E-state index in [-0.39, 0.29) is 36.3 Å². The van der Waals surface area contributed by atoms with Crippen molar-refractivity contribution >= 4 is 45.8 Å². The number of carbonyl (C=O) groups excluding carboxylic acids is 2. The second kappa shape index (κ2) is 19.9. The molecule has 4 aromatic carbocycles. The van der Waals surface area contributed by atoms with Crippen LogP contribution < -0.4 is 11.5 Å². The number of aryl methyl sites for hydroxylation is 2. The second-order valence-corrected chi connectivity index (χ2v) is 17.6. The van der Waals surface area contributed by atoms with Crippen molar-refractivity contribution in [2.75, 3.05) is 24.6 Å². The average molecular weight is 848 g/mol. The normalized spacial score (nSPS) is 17.1. The van der Waals surface area contributed by atoms with Crippen molar-refractivity contribution in [3.8, 4) is 22.5 Å². The van der Waals surface area contributed by atoms with Gasteiger partial charge in [-0.1, -0.05) is 143 Å². The van der Waals surface area contributed by atoms with Crippen molar-refractivity contribution in [2.24, 2.45) is 11.5 Å². The minimum Gasteiger partial charge on any atom is -0.331 e. The Hall–Kier alpha value is -4.85. The van der Waals surface area contributed by atoms with Gasteiger partial charge in [-0.05, 0) is 48.9 Å². The molecule has 2 amide bonds. The van der Waals surface area contributed by atoms with Gasteiger partial charge in [0.25, 0.3) is 0 Å². The maximum absolute atomic E-state index is 14.1. The summed E-state index contributed by atoms with van der Waals surface area (Å²) in [6.45, 7) is 2.30. The standard InChI is InChI=1S/C46H50N8O2S2.ClH/c47-37(45(55)51-25-27-53-43(29-39(49-53)35-17-9-3-10-18-35)41(51)23-21-33-13-5-1-6-14-33)31-57-58-32-38(48)46(56)52-26-28-54-44(30-40(50-54)36-19-11-4-12-20-36)42(52)24-22-34-15-7-2-8-16-34;/h1-20,29-30,37-38,41-42H,21-28,31-32,47-48H2;1H/t37-,38-,41?,42?;/m0./s1. The van der Waals surface area contributed by atoms with E-state index in [0.717, 1.165) is 59.6 Å². The van der Waals surface area contributed by atoms with E-state index in [0.29, 0.717) is 37.7 Å². The number of hydrogen-bond acceptors (Lipinski definition) is 8. The van der Waals surface area contributed by atoms with Crippen molar-refractivity contribution in [1.82, 2.24) is 29.4 Å². The molecule has 306 valence electrons. The highest BCUT2D eigenvalue weighted by Gasteiger charge is 2.36. The van der Waals surface area contributed by atoms with E-state index in [1.807, 2.05) is 58.3 Å². The Balaban J connectivity index is 0.00000528. The Bertz CT molecular complexity index is 2110. The van der Waals surface area contributed by atoms with Crippen LogP contribution in [0.1, 0.15) is 47.4 Å². The number of hydrogen-bond donors (Lipinski definition) is 2. The summed E-state index contributed by atoms with van der Waals surface area (Å²) in [5, 5.41) is 9.87. The molecule has 8 rings (SSSR count). The van der Waals surface area contributed by atoms with E-state index >= 15 is 0 Å². The van der Waals surface area contributed by atoms with E-state index in [2.05, 4.69) is 94.3 Å². The first-order chi connectivity index (χ1) is 28.4. The summed E-state index contributed by atoms with van der Waals surface area (Å²) in [5.74, 6) is 0.680. The quantitative estimate of drug-likeness (QED) is 0.0800. The lowest BCUT2D eigenvalue weighted by Crippen LogP contribution is -2.50. The molecule has 4 atom stereocenters. The number of benzene rings is 4. The van der Waals surface area contributed by atoms with Gasteiger partial charge >= 0.3 is 0 Å². The summed E-state index contributed by atoms with van der Waals surface area (Å²) in [7, 11) is 3.01. The summed E-state index contributed by atoms with van der Waals surface area (Å²) in [6, 6.07) is 43.6. The molecule has 0 bridgehead atoms. The first-order valence-electron chi connectivity index (χ1n) is 20.1. The highest BCUT2D eigenvalue weighted by Crippen LogP contribution is 2.36. The molecule has 2 aromatic heterocycles. The third-order valence-electron chi connectivity index (χ3n) is 11.2. The molecule has 0 aliphatic carbocycles. The molecule has 10 nitrogen and oxygen atoms in total. The third kappa shape index (κ3) is 9.96. The first kappa shape index (κ1) is 42.3. The van der Waals surface area contributed by atoms with Gasteiger partial charge in [0.1, 0.15) is 0 Å². The topological polar surface area (TPSA) is 128 Å². The Kier molecular flexibility index (Phi) is 14.3. The first-order valence-corrected chi connectivity index (χ1v) is 22.6. The molecular formula is C46H51ClN8O2S2. The Morgan fingerprint density at radius 3 is 1.29 bits per heavy atom. The van der Waals surface area contributed by atoms with E-state index < -0.39 is 12.1 Å². The van der Waals surface area contributed by atoms with Gasteiger partial charge in [0, 0.05) is 35.7 Å². The van der Waals surface area contributed by atoms with Crippen LogP contribution in [-0.4, -0.2) is 77.9 Å². The predicted octanol–water partition coefficient (Wildman–Crippen LogP) is 7.60. The fourth-order valence-corrected chi connectivity index (χ4v) is 10.4. The van der Waals surface area contributed by atoms with Gasteiger partial charge in [-0.25, -0.2) is 0 Å².